The molecule has 0 fully saturated rings. The lowest BCUT2D eigenvalue weighted by Gasteiger charge is -2.22. The van der Waals surface area contributed by atoms with Gasteiger partial charge < -0.3 is 5.73 Å². The summed E-state index contributed by atoms with van der Waals surface area (Å²) in [6, 6.07) is 5.08. The van der Waals surface area contributed by atoms with E-state index in [2.05, 4.69) is 9.97 Å². The summed E-state index contributed by atoms with van der Waals surface area (Å²) in [6.07, 6.45) is 3.29. The molecule has 6 heteroatoms. The number of rotatable bonds is 2. The van der Waals surface area contributed by atoms with Crippen molar-refractivity contribution in [3.63, 3.8) is 0 Å². The highest BCUT2D eigenvalue weighted by Gasteiger charge is 2.25. The largest absolute Gasteiger partial charge is 0.378 e. The molecule has 104 valence electrons. The minimum atomic E-state index is -0.514. The van der Waals surface area contributed by atoms with Crippen LogP contribution in [0.5, 0.6) is 0 Å². The molecule has 2 aromatic heterocycles. The lowest BCUT2D eigenvalue weighted by molar-refractivity contribution is -0.384. The molecule has 0 bridgehead atoms. The topological polar surface area (TPSA) is 94.9 Å². The molecular formula is C14H16N4O2. The Balaban J connectivity index is 2.76. The molecule has 2 N–H and O–H groups in total. The first-order valence-electron chi connectivity index (χ1n) is 6.16. The predicted molar refractivity (Wildman–Crippen MR) is 77.2 cm³/mol. The molecule has 0 amide bonds. The second kappa shape index (κ2) is 4.88. The fraction of sp³-hybridized carbons (Fsp3) is 0.286. The molecule has 6 nitrogen and oxygen atoms in total. The van der Waals surface area contributed by atoms with Gasteiger partial charge in [-0.1, -0.05) is 20.8 Å². The van der Waals surface area contributed by atoms with Crippen LogP contribution in [0.15, 0.2) is 30.6 Å². The Labute approximate surface area is 116 Å². The normalized spacial score (nSPS) is 11.3. The van der Waals surface area contributed by atoms with Crippen molar-refractivity contribution >= 4 is 11.5 Å². The summed E-state index contributed by atoms with van der Waals surface area (Å²) >= 11 is 0. The van der Waals surface area contributed by atoms with Crippen LogP contribution < -0.4 is 5.73 Å². The first kappa shape index (κ1) is 13.9. The molecule has 0 radical (unpaired) electrons. The fourth-order valence-electron chi connectivity index (χ4n) is 1.99. The van der Waals surface area contributed by atoms with Crippen molar-refractivity contribution in [2.45, 2.75) is 26.2 Å². The van der Waals surface area contributed by atoms with Gasteiger partial charge in [-0.3, -0.25) is 15.1 Å². The molecule has 0 saturated carbocycles. The van der Waals surface area contributed by atoms with Gasteiger partial charge in [-0.25, -0.2) is 4.98 Å². The highest BCUT2D eigenvalue weighted by Crippen LogP contribution is 2.35. The van der Waals surface area contributed by atoms with E-state index in [1.807, 2.05) is 20.8 Å². The number of anilines is 1. The van der Waals surface area contributed by atoms with E-state index in [0.29, 0.717) is 5.56 Å². The van der Waals surface area contributed by atoms with Gasteiger partial charge in [0.05, 0.1) is 10.6 Å². The SMILES string of the molecule is CC(C)(C)c1nc(N)c([N+](=O)[O-])cc1-c1ccncc1. The van der Waals surface area contributed by atoms with Gasteiger partial charge in [0.15, 0.2) is 0 Å². The maximum Gasteiger partial charge on any atom is 0.311 e. The van der Waals surface area contributed by atoms with Gasteiger partial charge >= 0.3 is 5.69 Å². The van der Waals surface area contributed by atoms with Crippen LogP contribution in [-0.4, -0.2) is 14.9 Å². The molecule has 0 aliphatic heterocycles. The zero-order valence-electron chi connectivity index (χ0n) is 11.6. The van der Waals surface area contributed by atoms with E-state index in [1.54, 1.807) is 24.5 Å². The van der Waals surface area contributed by atoms with Crippen LogP contribution in [0.25, 0.3) is 11.1 Å². The molecule has 2 aromatic rings. The van der Waals surface area contributed by atoms with Crippen LogP contribution in [0.4, 0.5) is 11.5 Å². The number of nitro groups is 1. The minimum Gasteiger partial charge on any atom is -0.378 e. The summed E-state index contributed by atoms with van der Waals surface area (Å²) in [5.41, 5.74) is 7.52. The Morgan fingerprint density at radius 1 is 1.25 bits per heavy atom. The number of nitrogens with two attached hydrogens (primary N) is 1. The summed E-state index contributed by atoms with van der Waals surface area (Å²) < 4.78 is 0. The van der Waals surface area contributed by atoms with Crippen molar-refractivity contribution in [1.29, 1.82) is 0 Å². The molecule has 0 unspecified atom stereocenters. The lowest BCUT2D eigenvalue weighted by atomic mass is 9.86. The van der Waals surface area contributed by atoms with Gasteiger partial charge in [-0.15, -0.1) is 0 Å². The quantitative estimate of drug-likeness (QED) is 0.669. The summed E-state index contributed by atoms with van der Waals surface area (Å²) in [4.78, 5) is 18.7. The van der Waals surface area contributed by atoms with Gasteiger partial charge in [0.25, 0.3) is 0 Å². The van der Waals surface area contributed by atoms with Gasteiger partial charge in [0, 0.05) is 29.4 Å². The Morgan fingerprint density at radius 3 is 2.35 bits per heavy atom. The molecule has 2 heterocycles. The van der Waals surface area contributed by atoms with Crippen molar-refractivity contribution in [2.75, 3.05) is 5.73 Å². The number of aromatic nitrogens is 2. The summed E-state index contributed by atoms with van der Waals surface area (Å²) in [6.45, 7) is 5.97. The Hall–Kier alpha value is -2.50. The van der Waals surface area contributed by atoms with Crippen molar-refractivity contribution in [1.82, 2.24) is 9.97 Å². The van der Waals surface area contributed by atoms with Crippen LogP contribution in [0.3, 0.4) is 0 Å². The number of nitrogens with zero attached hydrogens (tertiary/aromatic N) is 3. The van der Waals surface area contributed by atoms with E-state index >= 15 is 0 Å². The van der Waals surface area contributed by atoms with Crippen LogP contribution in [0.1, 0.15) is 26.5 Å². The first-order chi connectivity index (χ1) is 9.30. The monoisotopic (exact) mass is 272 g/mol. The van der Waals surface area contributed by atoms with E-state index in [4.69, 9.17) is 5.73 Å². The van der Waals surface area contributed by atoms with E-state index in [-0.39, 0.29) is 16.9 Å². The predicted octanol–water partition coefficient (Wildman–Crippen LogP) is 2.93. The number of hydrogen-bond donors (Lipinski definition) is 1. The third kappa shape index (κ3) is 2.59. The Morgan fingerprint density at radius 2 is 1.85 bits per heavy atom. The summed E-state index contributed by atoms with van der Waals surface area (Å²) in [7, 11) is 0. The number of nitrogen functional groups attached to an aromatic ring is 1. The first-order valence-corrected chi connectivity index (χ1v) is 6.16. The highest BCUT2D eigenvalue weighted by atomic mass is 16.6. The zero-order chi connectivity index (χ0) is 14.9. The maximum atomic E-state index is 11.0. The molecule has 0 aliphatic carbocycles. The van der Waals surface area contributed by atoms with Crippen LogP contribution in [0, 0.1) is 10.1 Å². The lowest BCUT2D eigenvalue weighted by Crippen LogP contribution is -2.17. The average molecular weight is 272 g/mol. The summed E-state index contributed by atoms with van der Waals surface area (Å²) in [5.74, 6) is -0.0577. The van der Waals surface area contributed by atoms with Gasteiger partial charge in [-0.05, 0) is 17.7 Å². The highest BCUT2D eigenvalue weighted by molar-refractivity contribution is 5.72. The standard InChI is InChI=1S/C14H16N4O2/c1-14(2,3)12-10(9-4-6-16-7-5-9)8-11(18(19)20)13(15)17-12/h4-8H,1-3H3,(H2,15,17). The van der Waals surface area contributed by atoms with Crippen molar-refractivity contribution in [3.05, 3.63) is 46.4 Å². The third-order valence-corrected chi connectivity index (χ3v) is 2.93. The van der Waals surface area contributed by atoms with Crippen molar-refractivity contribution in [2.24, 2.45) is 0 Å². The molecular weight excluding hydrogens is 256 g/mol. The average Bonchev–Trinajstić information content (AvgIpc) is 2.38. The van der Waals surface area contributed by atoms with Gasteiger partial charge in [-0.2, -0.15) is 0 Å². The third-order valence-electron chi connectivity index (χ3n) is 2.93. The van der Waals surface area contributed by atoms with E-state index in [0.717, 1.165) is 11.3 Å². The second-order valence-corrected chi connectivity index (χ2v) is 5.53. The second-order valence-electron chi connectivity index (χ2n) is 5.53. The Kier molecular flexibility index (Phi) is 3.40. The fourth-order valence-corrected chi connectivity index (χ4v) is 1.99. The van der Waals surface area contributed by atoms with Crippen molar-refractivity contribution < 1.29 is 4.92 Å². The molecule has 0 aromatic carbocycles. The molecule has 0 spiro atoms. The summed E-state index contributed by atoms with van der Waals surface area (Å²) in [5, 5.41) is 11.0. The van der Waals surface area contributed by atoms with Crippen LogP contribution in [-0.2, 0) is 5.41 Å². The molecule has 0 aliphatic rings. The van der Waals surface area contributed by atoms with E-state index in [9.17, 15) is 10.1 Å². The van der Waals surface area contributed by atoms with Crippen LogP contribution in [0.2, 0.25) is 0 Å². The van der Waals surface area contributed by atoms with Gasteiger partial charge in [0.1, 0.15) is 0 Å². The molecule has 2 rings (SSSR count). The zero-order valence-corrected chi connectivity index (χ0v) is 11.6. The van der Waals surface area contributed by atoms with E-state index in [1.165, 1.54) is 6.07 Å². The molecule has 20 heavy (non-hydrogen) atoms. The van der Waals surface area contributed by atoms with E-state index < -0.39 is 4.92 Å². The van der Waals surface area contributed by atoms with Crippen LogP contribution >= 0.6 is 0 Å². The Bertz CT molecular complexity index is 648. The van der Waals surface area contributed by atoms with Crippen molar-refractivity contribution in [3.8, 4) is 11.1 Å². The maximum absolute atomic E-state index is 11.0. The number of hydrogen-bond acceptors (Lipinski definition) is 5. The molecule has 0 saturated heterocycles. The molecule has 0 atom stereocenters. The minimum absolute atomic E-state index is 0.0577. The smallest absolute Gasteiger partial charge is 0.311 e. The number of pyridine rings is 2. The van der Waals surface area contributed by atoms with Gasteiger partial charge in [0.2, 0.25) is 5.82 Å².